The number of sulfone groups is 1. The van der Waals surface area contributed by atoms with Crippen molar-refractivity contribution in [2.45, 2.75) is 17.9 Å². The van der Waals surface area contributed by atoms with Gasteiger partial charge in [-0.15, -0.1) is 10.2 Å². The first-order valence-electron chi connectivity index (χ1n) is 7.85. The molecule has 1 aromatic carbocycles. The van der Waals surface area contributed by atoms with Crippen LogP contribution in [-0.4, -0.2) is 29.4 Å². The van der Waals surface area contributed by atoms with E-state index in [1.807, 2.05) is 0 Å². The van der Waals surface area contributed by atoms with Crippen LogP contribution in [0.4, 0.5) is 8.78 Å². The largest absolute Gasteiger partial charge is 0.415 e. The van der Waals surface area contributed by atoms with Crippen LogP contribution in [0.25, 0.3) is 11.5 Å². The summed E-state index contributed by atoms with van der Waals surface area (Å²) < 4.78 is 54.2. The maximum atomic E-state index is 12.5. The van der Waals surface area contributed by atoms with Gasteiger partial charge in [-0.05, 0) is 24.3 Å². The zero-order valence-corrected chi connectivity index (χ0v) is 15.3. The molecular weight excluding hydrogens is 392 g/mol. The van der Waals surface area contributed by atoms with Gasteiger partial charge in [0, 0.05) is 29.6 Å². The molecule has 7 nitrogen and oxygen atoms in total. The highest BCUT2D eigenvalue weighted by molar-refractivity contribution is 7.90. The Morgan fingerprint density at radius 3 is 2.64 bits per heavy atom. The van der Waals surface area contributed by atoms with Crippen LogP contribution in [-0.2, 0) is 16.4 Å². The first-order chi connectivity index (χ1) is 13.2. The maximum absolute atomic E-state index is 12.5. The van der Waals surface area contributed by atoms with Crippen molar-refractivity contribution in [1.82, 2.24) is 14.8 Å². The molecule has 0 aliphatic heterocycles. The molecule has 28 heavy (non-hydrogen) atoms. The molecule has 0 atom stereocenters. The Kier molecular flexibility index (Phi) is 5.37. The summed E-state index contributed by atoms with van der Waals surface area (Å²) in [6.45, 7) is 0.0499. The third-order valence-electron chi connectivity index (χ3n) is 3.61. The molecule has 0 N–H and O–H groups in total. The second-order valence-corrected chi connectivity index (χ2v) is 7.75. The predicted octanol–water partition coefficient (Wildman–Crippen LogP) is 2.29. The van der Waals surface area contributed by atoms with Gasteiger partial charge in [0.25, 0.3) is 11.4 Å². The van der Waals surface area contributed by atoms with Gasteiger partial charge < -0.3 is 8.98 Å². The minimum atomic E-state index is -3.33. The molecule has 0 amide bonds. The molecule has 0 unspecified atom stereocenters. The molecule has 2 aromatic heterocycles. The quantitative estimate of drug-likeness (QED) is 0.618. The van der Waals surface area contributed by atoms with Gasteiger partial charge in [-0.3, -0.25) is 4.79 Å². The van der Waals surface area contributed by atoms with Crippen molar-refractivity contribution in [3.05, 3.63) is 64.4 Å². The Balaban J connectivity index is 1.78. The highest BCUT2D eigenvalue weighted by atomic mass is 32.2. The first kappa shape index (κ1) is 19.4. The van der Waals surface area contributed by atoms with Gasteiger partial charge in [0.1, 0.15) is 0 Å². The SMILES string of the molecule is CS(=O)(=O)c1cccc(C#CCn2ccc(-c3nnc(C(F)F)o3)cc2=O)c1. The molecule has 0 aliphatic carbocycles. The van der Waals surface area contributed by atoms with Gasteiger partial charge in [0.15, 0.2) is 9.84 Å². The molecule has 0 bridgehead atoms. The molecule has 0 fully saturated rings. The van der Waals surface area contributed by atoms with Crippen LogP contribution in [0.15, 0.2) is 56.7 Å². The minimum Gasteiger partial charge on any atom is -0.415 e. The van der Waals surface area contributed by atoms with Gasteiger partial charge in [0.2, 0.25) is 5.89 Å². The predicted molar refractivity (Wildman–Crippen MR) is 95.4 cm³/mol. The van der Waals surface area contributed by atoms with Gasteiger partial charge in [-0.2, -0.15) is 8.78 Å². The van der Waals surface area contributed by atoms with Crippen LogP contribution in [0.1, 0.15) is 17.9 Å². The lowest BCUT2D eigenvalue weighted by Crippen LogP contribution is -2.17. The average Bonchev–Trinajstić information content (AvgIpc) is 3.13. The molecule has 3 aromatic rings. The summed E-state index contributed by atoms with van der Waals surface area (Å²) in [5.74, 6) is 4.58. The topological polar surface area (TPSA) is 95.1 Å². The van der Waals surface area contributed by atoms with E-state index in [4.69, 9.17) is 4.42 Å². The lowest BCUT2D eigenvalue weighted by molar-refractivity contribution is 0.116. The number of rotatable bonds is 4. The van der Waals surface area contributed by atoms with Crippen LogP contribution < -0.4 is 5.56 Å². The summed E-state index contributed by atoms with van der Waals surface area (Å²) >= 11 is 0. The summed E-state index contributed by atoms with van der Waals surface area (Å²) in [5.41, 5.74) is 0.279. The van der Waals surface area contributed by atoms with E-state index in [9.17, 15) is 22.0 Å². The zero-order chi connectivity index (χ0) is 20.3. The molecule has 10 heteroatoms. The van der Waals surface area contributed by atoms with E-state index < -0.39 is 27.7 Å². The zero-order valence-electron chi connectivity index (χ0n) is 14.5. The van der Waals surface area contributed by atoms with Gasteiger partial charge in [-0.1, -0.05) is 17.9 Å². The molecule has 144 valence electrons. The number of benzene rings is 1. The normalized spacial score (nSPS) is 11.3. The number of hydrogen-bond donors (Lipinski definition) is 0. The number of halogens is 2. The summed E-state index contributed by atoms with van der Waals surface area (Å²) in [4.78, 5) is 12.3. The first-order valence-corrected chi connectivity index (χ1v) is 9.74. The molecule has 0 saturated carbocycles. The fraction of sp³-hybridized carbons (Fsp3) is 0.167. The molecule has 0 aliphatic rings. The summed E-state index contributed by atoms with van der Waals surface area (Å²) in [5, 5.41) is 6.70. The fourth-order valence-corrected chi connectivity index (χ4v) is 2.91. The van der Waals surface area contributed by atoms with Crippen LogP contribution in [0.5, 0.6) is 0 Å². The fourth-order valence-electron chi connectivity index (χ4n) is 2.24. The summed E-state index contributed by atoms with van der Waals surface area (Å²) in [6.07, 6.45) is -0.363. The number of nitrogens with zero attached hydrogens (tertiary/aromatic N) is 3. The van der Waals surface area contributed by atoms with Crippen LogP contribution in [0.3, 0.4) is 0 Å². The van der Waals surface area contributed by atoms with Crippen LogP contribution in [0, 0.1) is 11.8 Å². The third kappa shape index (κ3) is 4.50. The minimum absolute atomic E-state index is 0.0499. The number of hydrogen-bond acceptors (Lipinski definition) is 6. The van der Waals surface area contributed by atoms with Crippen LogP contribution >= 0.6 is 0 Å². The molecular formula is C18H13F2N3O4S. The molecule has 3 rings (SSSR count). The van der Waals surface area contributed by atoms with Gasteiger partial charge in [0.05, 0.1) is 11.4 Å². The Hall–Kier alpha value is -3.32. The van der Waals surface area contributed by atoms with Crippen molar-refractivity contribution in [2.24, 2.45) is 0 Å². The van der Waals surface area contributed by atoms with Crippen molar-refractivity contribution in [2.75, 3.05) is 6.26 Å². The van der Waals surface area contributed by atoms with E-state index in [-0.39, 0.29) is 22.9 Å². The van der Waals surface area contributed by atoms with E-state index in [0.29, 0.717) is 5.56 Å². The number of alkyl halides is 2. The van der Waals surface area contributed by atoms with Crippen molar-refractivity contribution < 1.29 is 21.6 Å². The maximum Gasteiger partial charge on any atom is 0.314 e. The van der Waals surface area contributed by atoms with E-state index >= 15 is 0 Å². The average molecular weight is 405 g/mol. The van der Waals surface area contributed by atoms with E-state index in [1.165, 1.54) is 35.0 Å². The van der Waals surface area contributed by atoms with Gasteiger partial charge in [-0.25, -0.2) is 8.42 Å². The highest BCUT2D eigenvalue weighted by Gasteiger charge is 2.17. The number of aromatic nitrogens is 3. The van der Waals surface area contributed by atoms with Crippen molar-refractivity contribution in [1.29, 1.82) is 0 Å². The second kappa shape index (κ2) is 7.74. The number of pyridine rings is 1. The third-order valence-corrected chi connectivity index (χ3v) is 4.72. The van der Waals surface area contributed by atoms with Crippen molar-refractivity contribution in [3.63, 3.8) is 0 Å². The summed E-state index contributed by atoms with van der Waals surface area (Å²) in [7, 11) is -3.33. The molecule has 0 spiro atoms. The second-order valence-electron chi connectivity index (χ2n) is 5.73. The Morgan fingerprint density at radius 2 is 2.00 bits per heavy atom. The van der Waals surface area contributed by atoms with Crippen molar-refractivity contribution >= 4 is 9.84 Å². The smallest absolute Gasteiger partial charge is 0.314 e. The molecule has 2 heterocycles. The Morgan fingerprint density at radius 1 is 1.21 bits per heavy atom. The van der Waals surface area contributed by atoms with Gasteiger partial charge >= 0.3 is 6.43 Å². The Bertz CT molecular complexity index is 1240. The standard InChI is InChI=1S/C18H13F2N3O4S/c1-28(25,26)14-6-2-4-12(10-14)5-3-8-23-9-7-13(11-15(23)24)17-21-22-18(27-17)16(19)20/h2,4,6-7,9-11,16H,8H2,1H3. The van der Waals surface area contributed by atoms with Crippen molar-refractivity contribution in [3.8, 4) is 23.3 Å². The Labute approximate surface area is 158 Å². The van der Waals surface area contributed by atoms with E-state index in [0.717, 1.165) is 6.26 Å². The molecule has 0 radical (unpaired) electrons. The highest BCUT2D eigenvalue weighted by Crippen LogP contribution is 2.22. The van der Waals surface area contributed by atoms with E-state index in [2.05, 4.69) is 22.0 Å². The lowest BCUT2D eigenvalue weighted by Gasteiger charge is -2.01. The summed E-state index contributed by atoms with van der Waals surface area (Å²) in [6, 6.07) is 8.80. The monoisotopic (exact) mass is 405 g/mol. The molecule has 0 saturated heterocycles. The lowest BCUT2D eigenvalue weighted by atomic mass is 10.2. The van der Waals surface area contributed by atoms with E-state index in [1.54, 1.807) is 12.1 Å². The van der Waals surface area contributed by atoms with Crippen LogP contribution in [0.2, 0.25) is 0 Å².